The first kappa shape index (κ1) is 19.9. The van der Waals surface area contributed by atoms with E-state index >= 15 is 0 Å². The van der Waals surface area contributed by atoms with Gasteiger partial charge in [0, 0.05) is 38.1 Å². The maximum Gasteiger partial charge on any atom is 0.241 e. The number of amides is 1. The van der Waals surface area contributed by atoms with Crippen molar-refractivity contribution in [2.24, 2.45) is 0 Å². The number of pyridine rings is 1. The van der Waals surface area contributed by atoms with Crippen molar-refractivity contribution < 1.29 is 9.53 Å². The summed E-state index contributed by atoms with van der Waals surface area (Å²) in [6.07, 6.45) is 1.81. The second-order valence-corrected chi connectivity index (χ2v) is 7.32. The van der Waals surface area contributed by atoms with Gasteiger partial charge < -0.3 is 15.0 Å². The summed E-state index contributed by atoms with van der Waals surface area (Å²) in [5.41, 5.74) is 0.763. The van der Waals surface area contributed by atoms with Crippen molar-refractivity contribution in [3.05, 3.63) is 79.0 Å². The Morgan fingerprint density at radius 3 is 2.23 bits per heavy atom. The van der Waals surface area contributed by atoms with Gasteiger partial charge in [0.1, 0.15) is 17.3 Å². The molecular formula is C24H26N4O2. The minimum Gasteiger partial charge on any atom is -0.457 e. The fourth-order valence-electron chi connectivity index (χ4n) is 3.52. The van der Waals surface area contributed by atoms with E-state index in [2.05, 4.69) is 20.1 Å². The fourth-order valence-corrected chi connectivity index (χ4v) is 3.52. The summed E-state index contributed by atoms with van der Waals surface area (Å²) in [6, 6.07) is 22.8. The van der Waals surface area contributed by atoms with E-state index in [1.54, 1.807) is 0 Å². The molecule has 1 aliphatic rings. The van der Waals surface area contributed by atoms with E-state index in [-0.39, 0.29) is 11.9 Å². The van der Waals surface area contributed by atoms with Crippen LogP contribution in [0.4, 0.5) is 11.5 Å². The van der Waals surface area contributed by atoms with Crippen LogP contribution in [0.2, 0.25) is 0 Å². The lowest BCUT2D eigenvalue weighted by Gasteiger charge is -2.37. The standard InChI is InChI=1S/C24H26N4O2/c1-19(27-15-17-28(18-16-27)23-9-5-6-14-25-23)24(29)26-20-10-12-22(13-11-20)30-21-7-3-2-4-8-21/h2-14,19H,15-18H2,1H3,(H,26,29)/t19-/m0/s1. The SMILES string of the molecule is C[C@@H](C(=O)Nc1ccc(Oc2ccccc2)cc1)N1CCN(c2ccccn2)CC1. The van der Waals surface area contributed by atoms with Gasteiger partial charge in [-0.25, -0.2) is 4.98 Å². The highest BCUT2D eigenvalue weighted by Gasteiger charge is 2.26. The van der Waals surface area contributed by atoms with Gasteiger partial charge in [-0.3, -0.25) is 9.69 Å². The molecule has 1 fully saturated rings. The lowest BCUT2D eigenvalue weighted by molar-refractivity contribution is -0.120. The number of hydrogen-bond acceptors (Lipinski definition) is 5. The highest BCUT2D eigenvalue weighted by Crippen LogP contribution is 2.23. The molecule has 0 spiro atoms. The number of benzene rings is 2. The van der Waals surface area contributed by atoms with E-state index in [9.17, 15) is 4.79 Å². The van der Waals surface area contributed by atoms with Crippen molar-refractivity contribution in [2.45, 2.75) is 13.0 Å². The van der Waals surface area contributed by atoms with Gasteiger partial charge in [-0.05, 0) is 55.5 Å². The molecule has 154 valence electrons. The van der Waals surface area contributed by atoms with Crippen molar-refractivity contribution in [1.29, 1.82) is 0 Å². The molecule has 0 bridgehead atoms. The van der Waals surface area contributed by atoms with Crippen molar-refractivity contribution >= 4 is 17.4 Å². The molecule has 30 heavy (non-hydrogen) atoms. The third-order valence-corrected chi connectivity index (χ3v) is 5.32. The Balaban J connectivity index is 1.28. The molecule has 1 aliphatic heterocycles. The van der Waals surface area contributed by atoms with Gasteiger partial charge in [0.2, 0.25) is 5.91 Å². The molecule has 0 unspecified atom stereocenters. The lowest BCUT2D eigenvalue weighted by atomic mass is 10.2. The summed E-state index contributed by atoms with van der Waals surface area (Å²) in [7, 11) is 0. The summed E-state index contributed by atoms with van der Waals surface area (Å²) >= 11 is 0. The van der Waals surface area contributed by atoms with Crippen LogP contribution in [-0.2, 0) is 4.79 Å². The van der Waals surface area contributed by atoms with E-state index in [0.717, 1.165) is 49.2 Å². The molecule has 2 heterocycles. The number of piperazine rings is 1. The molecule has 1 saturated heterocycles. The highest BCUT2D eigenvalue weighted by molar-refractivity contribution is 5.94. The maximum atomic E-state index is 12.7. The average molecular weight is 402 g/mol. The first-order valence-electron chi connectivity index (χ1n) is 10.2. The van der Waals surface area contributed by atoms with Crippen molar-refractivity contribution in [3.8, 4) is 11.5 Å². The zero-order valence-electron chi connectivity index (χ0n) is 17.1. The molecule has 1 N–H and O–H groups in total. The number of aromatic nitrogens is 1. The molecule has 6 nitrogen and oxygen atoms in total. The Morgan fingerprint density at radius 2 is 1.57 bits per heavy atom. The molecule has 1 amide bonds. The molecule has 0 aliphatic carbocycles. The van der Waals surface area contributed by atoms with E-state index < -0.39 is 0 Å². The van der Waals surface area contributed by atoms with Crippen LogP contribution in [0.5, 0.6) is 11.5 Å². The smallest absolute Gasteiger partial charge is 0.241 e. The number of anilines is 2. The topological polar surface area (TPSA) is 57.7 Å². The van der Waals surface area contributed by atoms with Crippen molar-refractivity contribution in [3.63, 3.8) is 0 Å². The predicted molar refractivity (Wildman–Crippen MR) is 119 cm³/mol. The molecule has 1 aromatic heterocycles. The number of nitrogens with one attached hydrogen (secondary N) is 1. The third kappa shape index (κ3) is 4.96. The third-order valence-electron chi connectivity index (χ3n) is 5.32. The minimum absolute atomic E-state index is 0.00184. The number of carbonyl (C=O) groups excluding carboxylic acids is 1. The normalized spacial score (nSPS) is 15.4. The summed E-state index contributed by atoms with van der Waals surface area (Å²) < 4.78 is 5.80. The molecular weight excluding hydrogens is 376 g/mol. The quantitative estimate of drug-likeness (QED) is 0.675. The molecule has 2 aromatic carbocycles. The zero-order valence-corrected chi connectivity index (χ0v) is 17.1. The molecule has 3 aromatic rings. The van der Waals surface area contributed by atoms with E-state index in [0.29, 0.717) is 0 Å². The number of carbonyl (C=O) groups is 1. The van der Waals surface area contributed by atoms with Crippen molar-refractivity contribution in [1.82, 2.24) is 9.88 Å². The summed E-state index contributed by atoms with van der Waals surface area (Å²) in [4.78, 5) is 21.6. The van der Waals surface area contributed by atoms with Crippen LogP contribution in [0.15, 0.2) is 79.0 Å². The van der Waals surface area contributed by atoms with Gasteiger partial charge in [0.05, 0.1) is 6.04 Å². The monoisotopic (exact) mass is 402 g/mol. The van der Waals surface area contributed by atoms with E-state index in [1.165, 1.54) is 0 Å². The van der Waals surface area contributed by atoms with Crippen LogP contribution in [-0.4, -0.2) is 48.0 Å². The number of hydrogen-bond donors (Lipinski definition) is 1. The summed E-state index contributed by atoms with van der Waals surface area (Å²) in [6.45, 7) is 5.34. The summed E-state index contributed by atoms with van der Waals surface area (Å²) in [5, 5.41) is 3.01. The Bertz CT molecular complexity index is 940. The minimum atomic E-state index is -0.198. The van der Waals surface area contributed by atoms with Gasteiger partial charge in [-0.15, -0.1) is 0 Å². The Kier molecular flexibility index (Phi) is 6.25. The van der Waals surface area contributed by atoms with Gasteiger partial charge >= 0.3 is 0 Å². The van der Waals surface area contributed by atoms with E-state index in [1.807, 2.05) is 85.9 Å². The molecule has 4 rings (SSSR count). The first-order chi connectivity index (χ1) is 14.7. The number of ether oxygens (including phenoxy) is 1. The Labute approximate surface area is 177 Å². The zero-order chi connectivity index (χ0) is 20.8. The Morgan fingerprint density at radius 1 is 0.900 bits per heavy atom. The number of rotatable bonds is 6. The summed E-state index contributed by atoms with van der Waals surface area (Å²) in [5.74, 6) is 2.51. The van der Waals surface area contributed by atoms with Crippen LogP contribution >= 0.6 is 0 Å². The molecule has 6 heteroatoms. The van der Waals surface area contributed by atoms with Crippen LogP contribution < -0.4 is 15.0 Å². The highest BCUT2D eigenvalue weighted by atomic mass is 16.5. The van der Waals surface area contributed by atoms with Crippen LogP contribution in [0.3, 0.4) is 0 Å². The van der Waals surface area contributed by atoms with Crippen LogP contribution in [0.25, 0.3) is 0 Å². The van der Waals surface area contributed by atoms with E-state index in [4.69, 9.17) is 4.74 Å². The van der Waals surface area contributed by atoms with Gasteiger partial charge in [0.15, 0.2) is 0 Å². The largest absolute Gasteiger partial charge is 0.457 e. The van der Waals surface area contributed by atoms with Crippen molar-refractivity contribution in [2.75, 3.05) is 36.4 Å². The second kappa shape index (κ2) is 9.41. The first-order valence-corrected chi connectivity index (χ1v) is 10.2. The van der Waals surface area contributed by atoms with Crippen LogP contribution in [0.1, 0.15) is 6.92 Å². The van der Waals surface area contributed by atoms with Gasteiger partial charge in [-0.2, -0.15) is 0 Å². The number of nitrogens with zero attached hydrogens (tertiary/aromatic N) is 3. The predicted octanol–water partition coefficient (Wildman–Crippen LogP) is 4.02. The van der Waals surface area contributed by atoms with Crippen LogP contribution in [0, 0.1) is 0 Å². The second-order valence-electron chi connectivity index (χ2n) is 7.32. The van der Waals surface area contributed by atoms with Gasteiger partial charge in [-0.1, -0.05) is 24.3 Å². The molecule has 1 atom stereocenters. The number of para-hydroxylation sites is 1. The average Bonchev–Trinajstić information content (AvgIpc) is 2.81. The fraction of sp³-hybridized carbons (Fsp3) is 0.250. The Hall–Kier alpha value is -3.38. The molecule has 0 radical (unpaired) electrons. The maximum absolute atomic E-state index is 12.7. The lowest BCUT2D eigenvalue weighted by Crippen LogP contribution is -2.53. The molecule has 0 saturated carbocycles. The van der Waals surface area contributed by atoms with Gasteiger partial charge in [0.25, 0.3) is 0 Å².